The highest BCUT2D eigenvalue weighted by molar-refractivity contribution is 8.03. The van der Waals surface area contributed by atoms with Crippen LogP contribution < -0.4 is 0 Å². The summed E-state index contributed by atoms with van der Waals surface area (Å²) in [6, 6.07) is 6.30. The maximum absolute atomic E-state index is 4.95. The van der Waals surface area contributed by atoms with Gasteiger partial charge in [0, 0.05) is 22.3 Å². The Bertz CT molecular complexity index is 862. The lowest BCUT2D eigenvalue weighted by molar-refractivity contribution is 0.315. The molecule has 22 heavy (non-hydrogen) atoms. The van der Waals surface area contributed by atoms with Gasteiger partial charge in [0.2, 0.25) is 0 Å². The second-order valence-corrected chi connectivity index (χ2v) is 7.10. The van der Waals surface area contributed by atoms with Crippen LogP contribution >= 0.6 is 11.8 Å². The molecule has 0 fully saturated rings. The van der Waals surface area contributed by atoms with Crippen molar-refractivity contribution in [1.82, 2.24) is 10.3 Å². The quantitative estimate of drug-likeness (QED) is 0.791. The minimum Gasteiger partial charge on any atom is -0.257 e. The summed E-state index contributed by atoms with van der Waals surface area (Å²) in [7, 11) is 0. The van der Waals surface area contributed by atoms with E-state index in [0.717, 1.165) is 36.0 Å². The monoisotopic (exact) mass is 309 g/mol. The van der Waals surface area contributed by atoms with Gasteiger partial charge in [-0.05, 0) is 59.3 Å². The molecule has 0 spiro atoms. The van der Waals surface area contributed by atoms with Gasteiger partial charge in [-0.25, -0.2) is 4.63 Å². The number of aromatic nitrogens is 2. The van der Waals surface area contributed by atoms with Crippen molar-refractivity contribution in [3.05, 3.63) is 46.0 Å². The Kier molecular flexibility index (Phi) is 2.77. The van der Waals surface area contributed by atoms with Gasteiger partial charge in [-0.15, -0.1) is 11.8 Å². The summed E-state index contributed by atoms with van der Waals surface area (Å²) in [5.74, 6) is 1.48. The number of fused-ring (bicyclic) bond motifs is 2. The Morgan fingerprint density at radius 2 is 2.09 bits per heavy atom. The number of benzene rings is 1. The molecule has 1 aliphatic carbocycles. The van der Waals surface area contributed by atoms with Crippen LogP contribution in [0.5, 0.6) is 0 Å². The van der Waals surface area contributed by atoms with E-state index in [9.17, 15) is 0 Å². The van der Waals surface area contributed by atoms with Crippen molar-refractivity contribution in [2.75, 3.05) is 5.75 Å². The van der Waals surface area contributed by atoms with Crippen molar-refractivity contribution in [2.24, 2.45) is 4.99 Å². The highest BCUT2D eigenvalue weighted by Crippen LogP contribution is 2.50. The van der Waals surface area contributed by atoms with Gasteiger partial charge in [0.05, 0.1) is 5.70 Å². The number of allylic oxidation sites excluding steroid dienone is 4. The van der Waals surface area contributed by atoms with E-state index in [4.69, 9.17) is 9.62 Å². The fraction of sp³-hybridized carbons (Fsp3) is 0.353. The topological polar surface area (TPSA) is 51.3 Å². The zero-order valence-corrected chi connectivity index (χ0v) is 12.9. The molecule has 3 aliphatic rings. The molecular formula is C17H15N3OS. The average Bonchev–Trinajstić information content (AvgIpc) is 3.20. The predicted molar refractivity (Wildman–Crippen MR) is 88.0 cm³/mol. The van der Waals surface area contributed by atoms with Crippen LogP contribution in [0.2, 0.25) is 0 Å². The molecule has 5 rings (SSSR count). The SMILES string of the molecule is C1=C2C(=NC3=C(SCC3)C2c2ccc3nonc3c2)CCC1. The molecule has 0 saturated heterocycles. The van der Waals surface area contributed by atoms with Crippen LogP contribution in [0.15, 0.2) is 50.1 Å². The van der Waals surface area contributed by atoms with Crippen LogP contribution in [0.25, 0.3) is 11.0 Å². The van der Waals surface area contributed by atoms with Crippen molar-refractivity contribution in [3.8, 4) is 0 Å². The van der Waals surface area contributed by atoms with Gasteiger partial charge in [-0.1, -0.05) is 12.1 Å². The number of hydrogen-bond donors (Lipinski definition) is 0. The summed E-state index contributed by atoms with van der Waals surface area (Å²) in [5.41, 5.74) is 6.96. The normalized spacial score (nSPS) is 24.1. The Labute approximate surface area is 132 Å². The fourth-order valence-electron chi connectivity index (χ4n) is 3.63. The lowest BCUT2D eigenvalue weighted by Crippen LogP contribution is -2.20. The summed E-state index contributed by atoms with van der Waals surface area (Å²) in [6.07, 6.45) is 6.97. The van der Waals surface area contributed by atoms with Crippen LogP contribution in [-0.2, 0) is 0 Å². The molecule has 1 aromatic heterocycles. The standard InChI is InChI=1S/C17H15N3OS/c1-2-4-12-11(3-1)16(17-14(18-12)7-8-22-17)10-5-6-13-15(9-10)20-21-19-13/h3,5-6,9,16H,1-2,4,7-8H2. The zero-order chi connectivity index (χ0) is 14.5. The summed E-state index contributed by atoms with van der Waals surface area (Å²) in [6.45, 7) is 0. The fourth-order valence-corrected chi connectivity index (χ4v) is 4.89. The molecular weight excluding hydrogens is 294 g/mol. The molecule has 1 unspecified atom stereocenters. The van der Waals surface area contributed by atoms with Gasteiger partial charge in [0.1, 0.15) is 11.0 Å². The first-order valence-electron chi connectivity index (χ1n) is 7.76. The van der Waals surface area contributed by atoms with E-state index in [1.807, 2.05) is 17.8 Å². The number of aliphatic imine (C=N–C) groups is 1. The predicted octanol–water partition coefficient (Wildman–Crippen LogP) is 4.22. The van der Waals surface area contributed by atoms with E-state index in [2.05, 4.69) is 28.5 Å². The van der Waals surface area contributed by atoms with Gasteiger partial charge in [-0.3, -0.25) is 4.99 Å². The van der Waals surface area contributed by atoms with E-state index >= 15 is 0 Å². The van der Waals surface area contributed by atoms with Gasteiger partial charge >= 0.3 is 0 Å². The first kappa shape index (κ1) is 12.6. The van der Waals surface area contributed by atoms with Crippen LogP contribution in [0.4, 0.5) is 0 Å². The lowest BCUT2D eigenvalue weighted by Gasteiger charge is -2.30. The second-order valence-electron chi connectivity index (χ2n) is 5.96. The first-order chi connectivity index (χ1) is 10.9. The van der Waals surface area contributed by atoms with Gasteiger partial charge < -0.3 is 0 Å². The molecule has 0 N–H and O–H groups in total. The van der Waals surface area contributed by atoms with Crippen LogP contribution in [0.3, 0.4) is 0 Å². The molecule has 0 radical (unpaired) electrons. The van der Waals surface area contributed by atoms with Crippen LogP contribution in [-0.4, -0.2) is 21.8 Å². The maximum Gasteiger partial charge on any atom is 0.135 e. The summed E-state index contributed by atoms with van der Waals surface area (Å²) in [5, 5.41) is 7.92. The second kappa shape index (κ2) is 4.81. The van der Waals surface area contributed by atoms with E-state index < -0.39 is 0 Å². The molecule has 1 aromatic carbocycles. The largest absolute Gasteiger partial charge is 0.257 e. The third-order valence-electron chi connectivity index (χ3n) is 4.65. The zero-order valence-electron chi connectivity index (χ0n) is 12.1. The smallest absolute Gasteiger partial charge is 0.135 e. The van der Waals surface area contributed by atoms with Gasteiger partial charge in [0.25, 0.3) is 0 Å². The van der Waals surface area contributed by atoms with Crippen molar-refractivity contribution in [3.63, 3.8) is 0 Å². The van der Waals surface area contributed by atoms with Crippen molar-refractivity contribution in [1.29, 1.82) is 0 Å². The molecule has 2 aliphatic heterocycles. The van der Waals surface area contributed by atoms with Crippen molar-refractivity contribution >= 4 is 28.5 Å². The lowest BCUT2D eigenvalue weighted by atomic mass is 9.80. The Hall–Kier alpha value is -1.88. The van der Waals surface area contributed by atoms with Crippen molar-refractivity contribution < 1.29 is 4.63 Å². The first-order valence-corrected chi connectivity index (χ1v) is 8.75. The summed E-state index contributed by atoms with van der Waals surface area (Å²) in [4.78, 5) is 6.39. The highest BCUT2D eigenvalue weighted by atomic mass is 32.2. The molecule has 2 aromatic rings. The number of hydrogen-bond acceptors (Lipinski definition) is 5. The molecule has 1 atom stereocenters. The van der Waals surface area contributed by atoms with Crippen LogP contribution in [0.1, 0.15) is 37.2 Å². The molecule has 0 amide bonds. The Balaban J connectivity index is 1.70. The Morgan fingerprint density at radius 1 is 1.14 bits per heavy atom. The average molecular weight is 309 g/mol. The summed E-state index contributed by atoms with van der Waals surface area (Å²) >= 11 is 1.96. The van der Waals surface area contributed by atoms with E-state index in [1.54, 1.807) is 0 Å². The molecule has 5 heteroatoms. The maximum atomic E-state index is 4.95. The minimum absolute atomic E-state index is 0.330. The minimum atomic E-state index is 0.330. The molecule has 3 heterocycles. The van der Waals surface area contributed by atoms with Crippen molar-refractivity contribution in [2.45, 2.75) is 31.6 Å². The third kappa shape index (κ3) is 1.81. The van der Waals surface area contributed by atoms with Gasteiger partial charge in [0.15, 0.2) is 0 Å². The molecule has 0 bridgehead atoms. The van der Waals surface area contributed by atoms with E-state index in [0.29, 0.717) is 5.92 Å². The number of rotatable bonds is 1. The molecule has 0 saturated carbocycles. The third-order valence-corrected chi connectivity index (χ3v) is 5.84. The number of nitrogens with zero attached hydrogens (tertiary/aromatic N) is 3. The van der Waals surface area contributed by atoms with E-state index in [-0.39, 0.29) is 0 Å². The number of thioether (sulfide) groups is 1. The van der Waals surface area contributed by atoms with Gasteiger partial charge in [-0.2, -0.15) is 0 Å². The Morgan fingerprint density at radius 3 is 3.09 bits per heavy atom. The summed E-state index contributed by atoms with van der Waals surface area (Å²) < 4.78 is 4.84. The van der Waals surface area contributed by atoms with E-state index in [1.165, 1.54) is 33.9 Å². The molecule has 110 valence electrons. The highest BCUT2D eigenvalue weighted by Gasteiger charge is 2.34. The molecule has 4 nitrogen and oxygen atoms in total. The van der Waals surface area contributed by atoms with Crippen LogP contribution in [0, 0.1) is 0 Å².